The van der Waals surface area contributed by atoms with Crippen molar-refractivity contribution in [1.29, 1.82) is 0 Å². The minimum atomic E-state index is -0.551. The van der Waals surface area contributed by atoms with Gasteiger partial charge in [-0.2, -0.15) is 9.78 Å². The van der Waals surface area contributed by atoms with Gasteiger partial charge >= 0.3 is 0 Å². The minimum Gasteiger partial charge on any atom is -0.496 e. The summed E-state index contributed by atoms with van der Waals surface area (Å²) in [5.41, 5.74) is 9.35. The van der Waals surface area contributed by atoms with Crippen LogP contribution in [-0.2, 0) is 0 Å². The second kappa shape index (κ2) is 7.38. The van der Waals surface area contributed by atoms with Gasteiger partial charge in [0.15, 0.2) is 5.69 Å². The predicted octanol–water partition coefficient (Wildman–Crippen LogP) is 1.47. The van der Waals surface area contributed by atoms with E-state index in [0.717, 1.165) is 21.0 Å². The first-order chi connectivity index (χ1) is 14.1. The molecule has 0 aliphatic rings. The summed E-state index contributed by atoms with van der Waals surface area (Å²) in [6.45, 7) is 1.62. The molecule has 0 aliphatic heterocycles. The first kappa shape index (κ1) is 18.1. The first-order valence-corrected chi connectivity index (χ1v) is 8.50. The molecule has 0 atom stereocenters. The Hall–Kier alpha value is -4.28. The molecule has 0 unspecified atom stereocenters. The van der Waals surface area contributed by atoms with Gasteiger partial charge in [-0.15, -0.1) is 5.10 Å². The van der Waals surface area contributed by atoms with Crippen molar-refractivity contribution in [2.75, 3.05) is 12.8 Å². The molecule has 0 saturated carbocycles. The number of carbonyl (C=O) groups excluding carboxylic acids is 1. The lowest BCUT2D eigenvalue weighted by Gasteiger charge is -2.08. The number of nitrogens with two attached hydrogens (primary N) is 1. The molecule has 29 heavy (non-hydrogen) atoms. The zero-order valence-electron chi connectivity index (χ0n) is 15.5. The number of methoxy groups -OCH3 is 1. The van der Waals surface area contributed by atoms with Crippen molar-refractivity contribution in [1.82, 2.24) is 30.7 Å². The molecule has 11 nitrogen and oxygen atoms in total. The second-order valence-corrected chi connectivity index (χ2v) is 6.01. The number of benzene rings is 2. The molecule has 4 aromatic rings. The number of fused-ring (bicyclic) bond motifs is 1. The fraction of sp³-hybridized carbons (Fsp3) is 0.111. The molecule has 146 valence electrons. The molecular formula is C18H16N8O3. The molecule has 0 spiro atoms. The molecule has 0 aliphatic carbocycles. The van der Waals surface area contributed by atoms with Gasteiger partial charge in [0.1, 0.15) is 5.75 Å². The van der Waals surface area contributed by atoms with E-state index in [0.29, 0.717) is 11.4 Å². The van der Waals surface area contributed by atoms with E-state index in [1.54, 1.807) is 14.0 Å². The van der Waals surface area contributed by atoms with E-state index in [9.17, 15) is 4.79 Å². The van der Waals surface area contributed by atoms with Crippen LogP contribution in [0, 0.1) is 6.92 Å². The summed E-state index contributed by atoms with van der Waals surface area (Å²) in [5, 5.41) is 20.9. The number of aryl methyl sites for hydroxylation is 1. The van der Waals surface area contributed by atoms with Crippen LogP contribution in [0.1, 0.15) is 21.7 Å². The zero-order chi connectivity index (χ0) is 20.4. The zero-order valence-corrected chi connectivity index (χ0v) is 15.5. The normalized spacial score (nSPS) is 11.2. The summed E-state index contributed by atoms with van der Waals surface area (Å²) in [6.07, 6.45) is 1.52. The molecule has 1 amide bonds. The van der Waals surface area contributed by atoms with Crippen LogP contribution in [0.4, 0.5) is 5.82 Å². The fourth-order valence-electron chi connectivity index (χ4n) is 2.90. The molecule has 2 heterocycles. The maximum atomic E-state index is 12.7. The molecule has 0 saturated heterocycles. The number of hydrazone groups is 1. The maximum absolute atomic E-state index is 12.7. The van der Waals surface area contributed by atoms with E-state index < -0.39 is 5.91 Å². The van der Waals surface area contributed by atoms with Gasteiger partial charge in [0.2, 0.25) is 11.6 Å². The monoisotopic (exact) mass is 392 g/mol. The smallest absolute Gasteiger partial charge is 0.292 e. The lowest BCUT2D eigenvalue weighted by Crippen LogP contribution is -2.23. The maximum Gasteiger partial charge on any atom is 0.292 e. The van der Waals surface area contributed by atoms with Crippen LogP contribution < -0.4 is 15.9 Å². The van der Waals surface area contributed by atoms with Crippen molar-refractivity contribution >= 4 is 28.7 Å². The molecule has 2 aromatic carbocycles. The fourth-order valence-corrected chi connectivity index (χ4v) is 2.90. The highest BCUT2D eigenvalue weighted by Gasteiger charge is 2.22. The molecule has 0 radical (unpaired) electrons. The largest absolute Gasteiger partial charge is 0.496 e. The Morgan fingerprint density at radius 3 is 2.86 bits per heavy atom. The number of rotatable bonds is 5. The summed E-state index contributed by atoms with van der Waals surface area (Å²) in [5.74, 6) is 0.125. The third-order valence-electron chi connectivity index (χ3n) is 4.26. The predicted molar refractivity (Wildman–Crippen MR) is 104 cm³/mol. The third kappa shape index (κ3) is 3.25. The number of nitrogens with one attached hydrogen (secondary N) is 1. The van der Waals surface area contributed by atoms with Gasteiger partial charge in [-0.3, -0.25) is 4.79 Å². The summed E-state index contributed by atoms with van der Waals surface area (Å²) in [6, 6.07) is 11.6. The Labute approximate surface area is 164 Å². The van der Waals surface area contributed by atoms with Crippen molar-refractivity contribution in [3.8, 4) is 11.6 Å². The number of aromatic nitrogens is 5. The van der Waals surface area contributed by atoms with Gasteiger partial charge in [0.05, 0.1) is 19.0 Å². The van der Waals surface area contributed by atoms with Crippen molar-refractivity contribution in [2.45, 2.75) is 6.92 Å². The van der Waals surface area contributed by atoms with Crippen LogP contribution >= 0.6 is 0 Å². The number of hydrogen-bond acceptors (Lipinski definition) is 9. The molecule has 0 bridgehead atoms. The Morgan fingerprint density at radius 2 is 2.10 bits per heavy atom. The standard InChI is InChI=1S/C18H16N8O3/c1-10-15(26(25-21-10)17-16(19)23-29-24-17)18(27)22-20-9-13-12-6-4-3-5-11(12)7-8-14(13)28-2/h3-9H,1-2H3,(H2,19,23)(H,22,27)/b20-9-. The average Bonchev–Trinajstić information content (AvgIpc) is 3.32. The van der Waals surface area contributed by atoms with E-state index >= 15 is 0 Å². The lowest BCUT2D eigenvalue weighted by molar-refractivity contribution is 0.0946. The Morgan fingerprint density at radius 1 is 1.28 bits per heavy atom. The molecule has 3 N–H and O–H groups in total. The van der Waals surface area contributed by atoms with Gasteiger partial charge in [0, 0.05) is 5.56 Å². The highest BCUT2D eigenvalue weighted by Crippen LogP contribution is 2.26. The van der Waals surface area contributed by atoms with Crippen LogP contribution in [0.15, 0.2) is 46.1 Å². The number of nitrogens with zero attached hydrogens (tertiary/aromatic N) is 6. The second-order valence-electron chi connectivity index (χ2n) is 6.01. The third-order valence-corrected chi connectivity index (χ3v) is 4.26. The lowest BCUT2D eigenvalue weighted by atomic mass is 10.0. The summed E-state index contributed by atoms with van der Waals surface area (Å²) < 4.78 is 11.1. The van der Waals surface area contributed by atoms with E-state index in [1.807, 2.05) is 36.4 Å². The summed E-state index contributed by atoms with van der Waals surface area (Å²) in [4.78, 5) is 12.7. The molecule has 0 fully saturated rings. The van der Waals surface area contributed by atoms with Crippen molar-refractivity contribution in [3.63, 3.8) is 0 Å². The number of hydrogen-bond donors (Lipinski definition) is 2. The van der Waals surface area contributed by atoms with Crippen LogP contribution in [0.5, 0.6) is 5.75 Å². The van der Waals surface area contributed by atoms with E-state index in [2.05, 4.69) is 35.8 Å². The van der Waals surface area contributed by atoms with Gasteiger partial charge in [0.25, 0.3) is 5.91 Å². The quantitative estimate of drug-likeness (QED) is 0.383. The highest BCUT2D eigenvalue weighted by atomic mass is 16.6. The number of carbonyl (C=O) groups is 1. The van der Waals surface area contributed by atoms with E-state index in [4.69, 9.17) is 10.5 Å². The molecular weight excluding hydrogens is 376 g/mol. The van der Waals surface area contributed by atoms with Crippen LogP contribution in [0.25, 0.3) is 16.6 Å². The van der Waals surface area contributed by atoms with Crippen molar-refractivity contribution < 1.29 is 14.2 Å². The molecule has 11 heteroatoms. The average molecular weight is 392 g/mol. The topological polar surface area (TPSA) is 146 Å². The number of ether oxygens (including phenoxy) is 1. The Bertz CT molecular complexity index is 1230. The minimum absolute atomic E-state index is 0.0204. The van der Waals surface area contributed by atoms with Gasteiger partial charge < -0.3 is 10.5 Å². The molecule has 4 rings (SSSR count). The van der Waals surface area contributed by atoms with Crippen LogP contribution in [0.2, 0.25) is 0 Å². The Kier molecular flexibility index (Phi) is 4.61. The number of nitrogen functional groups attached to an aromatic ring is 1. The van der Waals surface area contributed by atoms with Gasteiger partial charge in [-0.05, 0) is 34.1 Å². The van der Waals surface area contributed by atoms with Crippen molar-refractivity contribution in [2.24, 2.45) is 5.10 Å². The summed E-state index contributed by atoms with van der Waals surface area (Å²) >= 11 is 0. The molecule has 2 aromatic heterocycles. The SMILES string of the molecule is COc1ccc2ccccc2c1/C=N\NC(=O)c1c(C)nnn1-c1nonc1N. The first-order valence-electron chi connectivity index (χ1n) is 8.50. The van der Waals surface area contributed by atoms with E-state index in [1.165, 1.54) is 6.21 Å². The Balaban J connectivity index is 1.64. The summed E-state index contributed by atoms with van der Waals surface area (Å²) in [7, 11) is 1.57. The van der Waals surface area contributed by atoms with Crippen LogP contribution in [0.3, 0.4) is 0 Å². The van der Waals surface area contributed by atoms with Gasteiger partial charge in [-0.25, -0.2) is 10.1 Å². The highest BCUT2D eigenvalue weighted by molar-refractivity contribution is 6.03. The number of amides is 1. The van der Waals surface area contributed by atoms with Gasteiger partial charge in [-0.1, -0.05) is 35.5 Å². The van der Waals surface area contributed by atoms with Crippen LogP contribution in [-0.4, -0.2) is 44.5 Å². The number of anilines is 1. The van der Waals surface area contributed by atoms with E-state index in [-0.39, 0.29) is 17.3 Å². The van der Waals surface area contributed by atoms with Crippen molar-refractivity contribution in [3.05, 3.63) is 53.3 Å².